The lowest BCUT2D eigenvalue weighted by molar-refractivity contribution is 0.510. The first-order valence-electron chi connectivity index (χ1n) is 7.88. The molecule has 1 fully saturated rings. The third-order valence-corrected chi connectivity index (χ3v) is 4.42. The van der Waals surface area contributed by atoms with Gasteiger partial charge < -0.3 is 10.7 Å². The second-order valence-corrected chi connectivity index (χ2v) is 6.62. The molecule has 3 heteroatoms. The van der Waals surface area contributed by atoms with E-state index in [0.717, 1.165) is 17.5 Å². The van der Waals surface area contributed by atoms with Crippen molar-refractivity contribution >= 4 is 11.0 Å². The van der Waals surface area contributed by atoms with Gasteiger partial charge in [-0.05, 0) is 42.9 Å². The van der Waals surface area contributed by atoms with Crippen LogP contribution in [0.25, 0.3) is 11.0 Å². The number of H-pyrrole nitrogens is 1. The van der Waals surface area contributed by atoms with E-state index in [4.69, 9.17) is 10.7 Å². The lowest BCUT2D eigenvalue weighted by Gasteiger charge is -2.14. The summed E-state index contributed by atoms with van der Waals surface area (Å²) in [4.78, 5) is 8.28. The number of aromatic nitrogens is 2. The van der Waals surface area contributed by atoms with Crippen molar-refractivity contribution in [3.8, 4) is 0 Å². The van der Waals surface area contributed by atoms with Crippen molar-refractivity contribution in [1.82, 2.24) is 9.97 Å². The fraction of sp³-hybridized carbons (Fsp3) is 0.588. The van der Waals surface area contributed by atoms with Crippen molar-refractivity contribution in [3.63, 3.8) is 0 Å². The Bertz CT molecular complexity index is 579. The molecule has 108 valence electrons. The Morgan fingerprint density at radius 1 is 1.30 bits per heavy atom. The van der Waals surface area contributed by atoms with Gasteiger partial charge >= 0.3 is 0 Å². The number of nitrogens with one attached hydrogen (secondary N) is 1. The van der Waals surface area contributed by atoms with Gasteiger partial charge in [0.15, 0.2) is 0 Å². The fourth-order valence-electron chi connectivity index (χ4n) is 3.31. The Balaban J connectivity index is 1.86. The highest BCUT2D eigenvalue weighted by Crippen LogP contribution is 2.33. The molecule has 1 atom stereocenters. The zero-order valence-corrected chi connectivity index (χ0v) is 12.5. The molecule has 1 heterocycles. The highest BCUT2D eigenvalue weighted by atomic mass is 14.9. The van der Waals surface area contributed by atoms with Crippen LogP contribution < -0.4 is 5.73 Å². The Labute approximate surface area is 121 Å². The first-order chi connectivity index (χ1) is 9.63. The van der Waals surface area contributed by atoms with Crippen LogP contribution in [-0.4, -0.2) is 9.97 Å². The molecule has 1 saturated carbocycles. The summed E-state index contributed by atoms with van der Waals surface area (Å²) in [6, 6.07) is 6.56. The van der Waals surface area contributed by atoms with Crippen LogP contribution in [0.5, 0.6) is 0 Å². The Kier molecular flexibility index (Phi) is 3.79. The van der Waals surface area contributed by atoms with E-state index >= 15 is 0 Å². The summed E-state index contributed by atoms with van der Waals surface area (Å²) in [7, 11) is 0. The highest BCUT2D eigenvalue weighted by molar-refractivity contribution is 5.76. The molecule has 20 heavy (non-hydrogen) atoms. The number of benzene rings is 1. The lowest BCUT2D eigenvalue weighted by atomic mass is 9.98. The lowest BCUT2D eigenvalue weighted by Crippen LogP contribution is -2.12. The molecule has 0 amide bonds. The number of aromatic amines is 1. The van der Waals surface area contributed by atoms with Crippen LogP contribution in [0.2, 0.25) is 0 Å². The molecule has 0 aliphatic heterocycles. The SMILES string of the molecule is CC(C)CC(N)c1ccc2nc(C3CCCC3)[nH]c2c1. The van der Waals surface area contributed by atoms with Crippen LogP contribution in [0.1, 0.15) is 69.3 Å². The van der Waals surface area contributed by atoms with Gasteiger partial charge in [0.05, 0.1) is 11.0 Å². The topological polar surface area (TPSA) is 54.7 Å². The van der Waals surface area contributed by atoms with E-state index in [9.17, 15) is 0 Å². The third kappa shape index (κ3) is 2.73. The summed E-state index contributed by atoms with van der Waals surface area (Å²) in [5.74, 6) is 2.43. The molecule has 2 aromatic rings. The third-order valence-electron chi connectivity index (χ3n) is 4.42. The molecule has 1 aromatic carbocycles. The number of imidazole rings is 1. The molecular formula is C17H25N3. The molecule has 1 aliphatic carbocycles. The second-order valence-electron chi connectivity index (χ2n) is 6.62. The molecule has 3 nitrogen and oxygen atoms in total. The van der Waals surface area contributed by atoms with Crippen molar-refractivity contribution in [2.75, 3.05) is 0 Å². The molecular weight excluding hydrogens is 246 g/mol. The van der Waals surface area contributed by atoms with E-state index in [1.807, 2.05) is 0 Å². The fourth-order valence-corrected chi connectivity index (χ4v) is 3.31. The Hall–Kier alpha value is -1.35. The summed E-state index contributed by atoms with van der Waals surface area (Å²) >= 11 is 0. The van der Waals surface area contributed by atoms with Crippen LogP contribution in [-0.2, 0) is 0 Å². The van der Waals surface area contributed by atoms with E-state index in [2.05, 4.69) is 37.0 Å². The number of nitrogens with two attached hydrogens (primary N) is 1. The summed E-state index contributed by atoms with van der Waals surface area (Å²) < 4.78 is 0. The number of fused-ring (bicyclic) bond motifs is 1. The molecule has 0 bridgehead atoms. The van der Waals surface area contributed by atoms with Gasteiger partial charge in [-0.2, -0.15) is 0 Å². The summed E-state index contributed by atoms with van der Waals surface area (Å²) in [6.07, 6.45) is 6.26. The number of nitrogens with zero attached hydrogens (tertiary/aromatic N) is 1. The number of rotatable bonds is 4. The monoisotopic (exact) mass is 271 g/mol. The van der Waals surface area contributed by atoms with E-state index in [1.165, 1.54) is 37.1 Å². The minimum absolute atomic E-state index is 0.123. The predicted octanol–water partition coefficient (Wildman–Crippen LogP) is 4.27. The Morgan fingerprint density at radius 2 is 2.05 bits per heavy atom. The van der Waals surface area contributed by atoms with Gasteiger partial charge in [-0.15, -0.1) is 0 Å². The highest BCUT2D eigenvalue weighted by Gasteiger charge is 2.20. The van der Waals surface area contributed by atoms with Gasteiger partial charge in [0.1, 0.15) is 5.82 Å². The van der Waals surface area contributed by atoms with Crippen LogP contribution in [0, 0.1) is 5.92 Å². The summed E-state index contributed by atoms with van der Waals surface area (Å²) in [5, 5.41) is 0. The van der Waals surface area contributed by atoms with Gasteiger partial charge in [0.2, 0.25) is 0 Å². The quantitative estimate of drug-likeness (QED) is 0.872. The van der Waals surface area contributed by atoms with Crippen LogP contribution >= 0.6 is 0 Å². The maximum absolute atomic E-state index is 6.28. The maximum Gasteiger partial charge on any atom is 0.110 e. The zero-order chi connectivity index (χ0) is 14.1. The van der Waals surface area contributed by atoms with Gasteiger partial charge in [-0.25, -0.2) is 4.98 Å². The Morgan fingerprint density at radius 3 is 2.75 bits per heavy atom. The largest absolute Gasteiger partial charge is 0.342 e. The average molecular weight is 271 g/mol. The molecule has 3 rings (SSSR count). The van der Waals surface area contributed by atoms with Crippen molar-refractivity contribution in [2.45, 2.75) is 57.9 Å². The number of hydrogen-bond donors (Lipinski definition) is 2. The minimum atomic E-state index is 0.123. The molecule has 1 unspecified atom stereocenters. The van der Waals surface area contributed by atoms with Gasteiger partial charge in [0.25, 0.3) is 0 Å². The zero-order valence-electron chi connectivity index (χ0n) is 12.5. The van der Waals surface area contributed by atoms with E-state index in [-0.39, 0.29) is 6.04 Å². The van der Waals surface area contributed by atoms with E-state index < -0.39 is 0 Å². The van der Waals surface area contributed by atoms with E-state index in [1.54, 1.807) is 0 Å². The molecule has 0 saturated heterocycles. The number of hydrogen-bond acceptors (Lipinski definition) is 2. The predicted molar refractivity (Wildman–Crippen MR) is 83.7 cm³/mol. The molecule has 1 aromatic heterocycles. The van der Waals surface area contributed by atoms with Crippen molar-refractivity contribution in [3.05, 3.63) is 29.6 Å². The van der Waals surface area contributed by atoms with Gasteiger partial charge in [-0.3, -0.25) is 0 Å². The first kappa shape index (κ1) is 13.6. The average Bonchev–Trinajstić information content (AvgIpc) is 3.05. The van der Waals surface area contributed by atoms with Crippen molar-refractivity contribution in [1.29, 1.82) is 0 Å². The first-order valence-corrected chi connectivity index (χ1v) is 7.88. The summed E-state index contributed by atoms with van der Waals surface area (Å²) in [5.41, 5.74) is 9.72. The van der Waals surface area contributed by atoms with Crippen LogP contribution in [0.3, 0.4) is 0 Å². The van der Waals surface area contributed by atoms with Crippen molar-refractivity contribution in [2.24, 2.45) is 11.7 Å². The molecule has 1 aliphatic rings. The van der Waals surface area contributed by atoms with Crippen molar-refractivity contribution < 1.29 is 0 Å². The maximum atomic E-state index is 6.28. The second kappa shape index (κ2) is 5.57. The molecule has 0 spiro atoms. The van der Waals surface area contributed by atoms with Crippen LogP contribution in [0.15, 0.2) is 18.2 Å². The van der Waals surface area contributed by atoms with Crippen LogP contribution in [0.4, 0.5) is 0 Å². The standard InChI is InChI=1S/C17H25N3/c1-11(2)9-14(18)13-7-8-15-16(10-13)20-17(19-15)12-5-3-4-6-12/h7-8,10-12,14H,3-6,9,18H2,1-2H3,(H,19,20). The molecule has 0 radical (unpaired) electrons. The van der Waals surface area contributed by atoms with E-state index in [0.29, 0.717) is 11.8 Å². The summed E-state index contributed by atoms with van der Waals surface area (Å²) in [6.45, 7) is 4.43. The normalized spacial score (nSPS) is 18.2. The van der Waals surface area contributed by atoms with Gasteiger partial charge in [-0.1, -0.05) is 32.8 Å². The minimum Gasteiger partial charge on any atom is -0.342 e. The molecule has 3 N–H and O–H groups in total. The van der Waals surface area contributed by atoms with Gasteiger partial charge in [0, 0.05) is 12.0 Å². The smallest absolute Gasteiger partial charge is 0.110 e.